The Balaban J connectivity index is 2.41. The molecular formula is C18H21ClO. The summed E-state index contributed by atoms with van der Waals surface area (Å²) in [7, 11) is 0. The van der Waals surface area contributed by atoms with Crippen LogP contribution in [-0.2, 0) is 5.88 Å². The van der Waals surface area contributed by atoms with Crippen molar-refractivity contribution in [2.75, 3.05) is 0 Å². The second-order valence-corrected chi connectivity index (χ2v) is 5.80. The smallest absolute Gasteiger partial charge is 0.131 e. The van der Waals surface area contributed by atoms with E-state index in [0.717, 1.165) is 22.6 Å². The molecule has 20 heavy (non-hydrogen) atoms. The van der Waals surface area contributed by atoms with Crippen LogP contribution in [0.15, 0.2) is 36.4 Å². The Morgan fingerprint density at radius 1 is 1.00 bits per heavy atom. The largest absolute Gasteiger partial charge is 0.457 e. The average molecular weight is 289 g/mol. The second kappa shape index (κ2) is 6.32. The van der Waals surface area contributed by atoms with E-state index in [0.29, 0.717) is 11.8 Å². The molecular weight excluding hydrogens is 268 g/mol. The molecule has 2 rings (SSSR count). The minimum Gasteiger partial charge on any atom is -0.457 e. The highest BCUT2D eigenvalue weighted by Gasteiger charge is 2.10. The van der Waals surface area contributed by atoms with Crippen LogP contribution in [0.25, 0.3) is 0 Å². The maximum Gasteiger partial charge on any atom is 0.131 e. The number of benzene rings is 2. The van der Waals surface area contributed by atoms with Crippen molar-refractivity contribution < 1.29 is 4.74 Å². The zero-order chi connectivity index (χ0) is 14.7. The van der Waals surface area contributed by atoms with Crippen molar-refractivity contribution in [1.29, 1.82) is 0 Å². The summed E-state index contributed by atoms with van der Waals surface area (Å²) in [4.78, 5) is 0. The van der Waals surface area contributed by atoms with Crippen LogP contribution in [0.3, 0.4) is 0 Å². The summed E-state index contributed by atoms with van der Waals surface area (Å²) in [6, 6.07) is 12.5. The van der Waals surface area contributed by atoms with Crippen molar-refractivity contribution in [3.05, 3.63) is 58.7 Å². The lowest BCUT2D eigenvalue weighted by molar-refractivity contribution is 0.468. The standard InChI is InChI=1S/C18H21ClO/c1-12(2)16-8-5-13(3)9-18(16)20-17-10-15(11-19)7-6-14(17)4/h5-10,12H,11H2,1-4H3. The summed E-state index contributed by atoms with van der Waals surface area (Å²) in [6.45, 7) is 8.50. The fraction of sp³-hybridized carbons (Fsp3) is 0.333. The van der Waals surface area contributed by atoms with Gasteiger partial charge in [0.15, 0.2) is 0 Å². The van der Waals surface area contributed by atoms with Gasteiger partial charge in [-0.2, -0.15) is 0 Å². The van der Waals surface area contributed by atoms with Gasteiger partial charge in [0.05, 0.1) is 0 Å². The van der Waals surface area contributed by atoms with Crippen LogP contribution in [0.4, 0.5) is 0 Å². The van der Waals surface area contributed by atoms with Gasteiger partial charge in [-0.1, -0.05) is 38.1 Å². The van der Waals surface area contributed by atoms with Crippen molar-refractivity contribution in [2.24, 2.45) is 0 Å². The predicted octanol–water partition coefficient (Wildman–Crippen LogP) is 5.96. The minimum atomic E-state index is 0.433. The van der Waals surface area contributed by atoms with E-state index in [1.807, 2.05) is 12.1 Å². The molecule has 2 aromatic carbocycles. The molecule has 0 N–H and O–H groups in total. The number of rotatable bonds is 4. The Hall–Kier alpha value is -1.47. The van der Waals surface area contributed by atoms with Crippen LogP contribution in [0.1, 0.15) is 42.0 Å². The van der Waals surface area contributed by atoms with Crippen LogP contribution in [0.2, 0.25) is 0 Å². The molecule has 106 valence electrons. The van der Waals surface area contributed by atoms with Crippen molar-refractivity contribution >= 4 is 11.6 Å². The van der Waals surface area contributed by atoms with E-state index in [1.165, 1.54) is 11.1 Å². The molecule has 0 unspecified atom stereocenters. The first-order chi connectivity index (χ1) is 9.51. The molecule has 0 radical (unpaired) electrons. The topological polar surface area (TPSA) is 9.23 Å². The van der Waals surface area contributed by atoms with E-state index in [-0.39, 0.29) is 0 Å². The van der Waals surface area contributed by atoms with E-state index in [1.54, 1.807) is 0 Å². The summed E-state index contributed by atoms with van der Waals surface area (Å²) in [5.41, 5.74) is 4.63. The van der Waals surface area contributed by atoms with Gasteiger partial charge in [0, 0.05) is 5.88 Å². The highest BCUT2D eigenvalue weighted by atomic mass is 35.5. The quantitative estimate of drug-likeness (QED) is 0.631. The van der Waals surface area contributed by atoms with Gasteiger partial charge in [-0.25, -0.2) is 0 Å². The van der Waals surface area contributed by atoms with Crippen molar-refractivity contribution in [3.8, 4) is 11.5 Å². The minimum absolute atomic E-state index is 0.433. The summed E-state index contributed by atoms with van der Waals surface area (Å²) in [6.07, 6.45) is 0. The lowest BCUT2D eigenvalue weighted by atomic mass is 10.0. The Labute approximate surface area is 126 Å². The molecule has 0 spiro atoms. The third-order valence-corrected chi connectivity index (χ3v) is 3.73. The molecule has 0 saturated carbocycles. The maximum atomic E-state index is 6.17. The van der Waals surface area contributed by atoms with E-state index in [4.69, 9.17) is 16.3 Å². The van der Waals surface area contributed by atoms with E-state index in [9.17, 15) is 0 Å². The first-order valence-electron chi connectivity index (χ1n) is 6.95. The first-order valence-corrected chi connectivity index (χ1v) is 7.48. The van der Waals surface area contributed by atoms with Crippen LogP contribution < -0.4 is 4.74 Å². The predicted molar refractivity (Wildman–Crippen MR) is 86.1 cm³/mol. The van der Waals surface area contributed by atoms with E-state index < -0.39 is 0 Å². The van der Waals surface area contributed by atoms with Crippen molar-refractivity contribution in [1.82, 2.24) is 0 Å². The monoisotopic (exact) mass is 288 g/mol. The van der Waals surface area contributed by atoms with Crippen LogP contribution in [0.5, 0.6) is 11.5 Å². The Morgan fingerprint density at radius 2 is 1.75 bits per heavy atom. The Morgan fingerprint density at radius 3 is 2.40 bits per heavy atom. The summed E-state index contributed by atoms with van der Waals surface area (Å²) >= 11 is 5.91. The molecule has 1 nitrogen and oxygen atoms in total. The fourth-order valence-electron chi connectivity index (χ4n) is 2.16. The van der Waals surface area contributed by atoms with Gasteiger partial charge >= 0.3 is 0 Å². The third-order valence-electron chi connectivity index (χ3n) is 3.42. The molecule has 2 aromatic rings. The number of ether oxygens (including phenoxy) is 1. The zero-order valence-corrected chi connectivity index (χ0v) is 13.3. The SMILES string of the molecule is Cc1ccc(C(C)C)c(Oc2cc(CCl)ccc2C)c1. The third kappa shape index (κ3) is 3.34. The van der Waals surface area contributed by atoms with Gasteiger partial charge in [0.25, 0.3) is 0 Å². The van der Waals surface area contributed by atoms with E-state index in [2.05, 4.69) is 52.0 Å². The Bertz CT molecular complexity index is 602. The van der Waals surface area contributed by atoms with Gasteiger partial charge in [-0.15, -0.1) is 11.6 Å². The Kier molecular flexibility index (Phi) is 4.72. The molecule has 0 bridgehead atoms. The molecule has 0 aliphatic rings. The van der Waals surface area contributed by atoms with Crippen LogP contribution in [-0.4, -0.2) is 0 Å². The maximum absolute atomic E-state index is 6.17. The molecule has 0 aliphatic carbocycles. The van der Waals surface area contributed by atoms with E-state index >= 15 is 0 Å². The number of alkyl halides is 1. The number of aryl methyl sites for hydroxylation is 2. The molecule has 0 fully saturated rings. The lowest BCUT2D eigenvalue weighted by Gasteiger charge is -2.16. The van der Waals surface area contributed by atoms with Crippen molar-refractivity contribution in [3.63, 3.8) is 0 Å². The van der Waals surface area contributed by atoms with Gasteiger partial charge < -0.3 is 4.74 Å². The van der Waals surface area contributed by atoms with Gasteiger partial charge in [-0.3, -0.25) is 0 Å². The number of hydrogen-bond acceptors (Lipinski definition) is 1. The number of hydrogen-bond donors (Lipinski definition) is 0. The fourth-order valence-corrected chi connectivity index (χ4v) is 2.33. The summed E-state index contributed by atoms with van der Waals surface area (Å²) in [5.74, 6) is 2.76. The molecule has 0 aromatic heterocycles. The lowest BCUT2D eigenvalue weighted by Crippen LogP contribution is -1.96. The molecule has 2 heteroatoms. The van der Waals surface area contributed by atoms with Crippen molar-refractivity contribution in [2.45, 2.75) is 39.5 Å². The molecule has 0 heterocycles. The highest BCUT2D eigenvalue weighted by Crippen LogP contribution is 2.33. The molecule has 0 aliphatic heterocycles. The first kappa shape index (κ1) is 14.9. The summed E-state index contributed by atoms with van der Waals surface area (Å²) < 4.78 is 6.17. The molecule has 0 saturated heterocycles. The van der Waals surface area contributed by atoms with Gasteiger partial charge in [0.2, 0.25) is 0 Å². The van der Waals surface area contributed by atoms with Gasteiger partial charge in [-0.05, 0) is 54.2 Å². The molecule has 0 amide bonds. The van der Waals surface area contributed by atoms with Crippen LogP contribution >= 0.6 is 11.6 Å². The summed E-state index contributed by atoms with van der Waals surface area (Å²) in [5, 5.41) is 0. The number of halogens is 1. The van der Waals surface area contributed by atoms with Gasteiger partial charge in [0.1, 0.15) is 11.5 Å². The normalized spacial score (nSPS) is 10.9. The zero-order valence-electron chi connectivity index (χ0n) is 12.5. The average Bonchev–Trinajstić information content (AvgIpc) is 2.41. The highest BCUT2D eigenvalue weighted by molar-refractivity contribution is 6.17. The van der Waals surface area contributed by atoms with Crippen LogP contribution in [0, 0.1) is 13.8 Å². The second-order valence-electron chi connectivity index (χ2n) is 5.53. The molecule has 0 atom stereocenters.